The molecule has 3 nitrogen and oxygen atoms in total. The van der Waals surface area contributed by atoms with Gasteiger partial charge in [-0.3, -0.25) is 4.79 Å². The van der Waals surface area contributed by atoms with Crippen LogP contribution in [0.15, 0.2) is 29.2 Å². The molecule has 1 aromatic rings. The normalized spacial score (nSPS) is 20.3. The van der Waals surface area contributed by atoms with Gasteiger partial charge in [0.05, 0.1) is 0 Å². The number of piperidine rings is 1. The lowest BCUT2D eigenvalue weighted by Gasteiger charge is -2.38. The first-order chi connectivity index (χ1) is 10.1. The van der Waals surface area contributed by atoms with Crippen molar-refractivity contribution in [2.75, 3.05) is 12.3 Å². The molecule has 5 heteroatoms. The second-order valence-electron chi connectivity index (χ2n) is 5.56. The molecule has 1 aromatic carbocycles. The van der Waals surface area contributed by atoms with Crippen molar-refractivity contribution >= 4 is 17.7 Å². The predicted molar refractivity (Wildman–Crippen MR) is 84.7 cm³/mol. The second kappa shape index (κ2) is 7.80. The number of hydrogen-bond acceptors (Lipinski definition) is 3. The van der Waals surface area contributed by atoms with Crippen LogP contribution in [0.3, 0.4) is 0 Å². The van der Waals surface area contributed by atoms with Crippen LogP contribution in [0.5, 0.6) is 0 Å². The molecule has 0 radical (unpaired) electrons. The summed E-state index contributed by atoms with van der Waals surface area (Å²) in [5.41, 5.74) is 5.99. The number of nitrogens with two attached hydrogens (primary N) is 1. The first-order valence-electron chi connectivity index (χ1n) is 7.51. The highest BCUT2D eigenvalue weighted by Crippen LogP contribution is 2.22. The maximum Gasteiger partial charge on any atom is 0.223 e. The van der Waals surface area contributed by atoms with Crippen LogP contribution >= 0.6 is 11.8 Å². The van der Waals surface area contributed by atoms with Gasteiger partial charge >= 0.3 is 0 Å². The number of rotatable bonds is 5. The Morgan fingerprint density at radius 3 is 2.81 bits per heavy atom. The highest BCUT2D eigenvalue weighted by atomic mass is 32.2. The van der Waals surface area contributed by atoms with Gasteiger partial charge < -0.3 is 10.6 Å². The first kappa shape index (κ1) is 16.3. The van der Waals surface area contributed by atoms with E-state index in [1.807, 2.05) is 11.8 Å². The number of halogens is 1. The van der Waals surface area contributed by atoms with Crippen LogP contribution in [0, 0.1) is 5.82 Å². The van der Waals surface area contributed by atoms with E-state index in [9.17, 15) is 9.18 Å². The van der Waals surface area contributed by atoms with E-state index < -0.39 is 0 Å². The molecule has 21 heavy (non-hydrogen) atoms. The third-order valence-corrected chi connectivity index (χ3v) is 4.89. The quantitative estimate of drug-likeness (QED) is 0.850. The van der Waals surface area contributed by atoms with Crippen LogP contribution in [0.2, 0.25) is 0 Å². The van der Waals surface area contributed by atoms with Gasteiger partial charge in [0.2, 0.25) is 5.91 Å². The summed E-state index contributed by atoms with van der Waals surface area (Å²) in [5, 5.41) is 0. The van der Waals surface area contributed by atoms with Crippen molar-refractivity contribution < 1.29 is 9.18 Å². The lowest BCUT2D eigenvalue weighted by atomic mass is 9.96. The summed E-state index contributed by atoms with van der Waals surface area (Å²) in [6.45, 7) is 2.80. The van der Waals surface area contributed by atoms with Gasteiger partial charge in [-0.05, 0) is 50.5 Å². The number of benzene rings is 1. The van der Waals surface area contributed by atoms with Crippen molar-refractivity contribution in [1.82, 2.24) is 4.90 Å². The van der Waals surface area contributed by atoms with Gasteiger partial charge in [0.1, 0.15) is 5.82 Å². The fourth-order valence-corrected chi connectivity index (χ4v) is 3.59. The molecule has 1 heterocycles. The Bertz CT molecular complexity index is 464. The predicted octanol–water partition coefficient (Wildman–Crippen LogP) is 3.04. The number of carbonyl (C=O) groups excluding carboxylic acids is 1. The molecule has 0 bridgehead atoms. The van der Waals surface area contributed by atoms with Crippen LogP contribution in [0.1, 0.15) is 32.6 Å². The molecule has 116 valence electrons. The monoisotopic (exact) mass is 310 g/mol. The minimum Gasteiger partial charge on any atom is -0.338 e. The molecule has 2 rings (SSSR count). The highest BCUT2D eigenvalue weighted by Gasteiger charge is 2.28. The van der Waals surface area contributed by atoms with E-state index in [2.05, 4.69) is 0 Å². The van der Waals surface area contributed by atoms with E-state index in [0.29, 0.717) is 12.2 Å². The Kier molecular flexibility index (Phi) is 6.06. The minimum atomic E-state index is -0.233. The summed E-state index contributed by atoms with van der Waals surface area (Å²) in [6, 6.07) is 6.59. The van der Waals surface area contributed by atoms with Gasteiger partial charge in [0.25, 0.3) is 0 Å². The molecule has 1 aliphatic rings. The summed E-state index contributed by atoms with van der Waals surface area (Å²) in [7, 11) is 0. The molecule has 0 saturated carbocycles. The Labute approximate surface area is 130 Å². The number of nitrogens with zero attached hydrogens (tertiary/aromatic N) is 1. The molecular weight excluding hydrogens is 287 g/mol. The molecule has 0 aromatic heterocycles. The number of thioether (sulfide) groups is 1. The molecule has 2 unspecified atom stereocenters. The molecule has 1 aliphatic heterocycles. The van der Waals surface area contributed by atoms with Crippen molar-refractivity contribution in [2.24, 2.45) is 5.73 Å². The number of amides is 1. The zero-order valence-electron chi connectivity index (χ0n) is 12.4. The van der Waals surface area contributed by atoms with Gasteiger partial charge in [0.15, 0.2) is 0 Å². The van der Waals surface area contributed by atoms with E-state index in [1.54, 1.807) is 23.9 Å². The standard InChI is InChI=1S/C16H23FN2OS/c1-12(18)15-4-2-3-10-19(15)16(20)9-11-21-14-7-5-13(17)6-8-14/h5-8,12,15H,2-4,9-11,18H2,1H3. The second-order valence-corrected chi connectivity index (χ2v) is 6.73. The van der Waals surface area contributed by atoms with Crippen molar-refractivity contribution in [2.45, 2.75) is 49.6 Å². The van der Waals surface area contributed by atoms with Gasteiger partial charge in [-0.2, -0.15) is 0 Å². The van der Waals surface area contributed by atoms with Gasteiger partial charge in [0, 0.05) is 35.7 Å². The van der Waals surface area contributed by atoms with Crippen molar-refractivity contribution in [3.8, 4) is 0 Å². The minimum absolute atomic E-state index is 0.0269. The highest BCUT2D eigenvalue weighted by molar-refractivity contribution is 7.99. The van der Waals surface area contributed by atoms with Crippen LogP contribution in [-0.2, 0) is 4.79 Å². The van der Waals surface area contributed by atoms with E-state index in [1.165, 1.54) is 12.1 Å². The number of hydrogen-bond donors (Lipinski definition) is 1. The molecule has 2 atom stereocenters. The fourth-order valence-electron chi connectivity index (χ4n) is 2.74. The summed E-state index contributed by atoms with van der Waals surface area (Å²) < 4.78 is 12.8. The van der Waals surface area contributed by atoms with Gasteiger partial charge in [-0.25, -0.2) is 4.39 Å². The molecule has 2 N–H and O–H groups in total. The van der Waals surface area contributed by atoms with Crippen LogP contribution in [0.25, 0.3) is 0 Å². The molecule has 1 fully saturated rings. The SMILES string of the molecule is CC(N)C1CCCCN1C(=O)CCSc1ccc(F)cc1. The third-order valence-electron chi connectivity index (χ3n) is 3.87. The zero-order chi connectivity index (χ0) is 15.2. The Balaban J connectivity index is 1.81. The van der Waals surface area contributed by atoms with Crippen LogP contribution < -0.4 is 5.73 Å². The lowest BCUT2D eigenvalue weighted by molar-refractivity contribution is -0.134. The van der Waals surface area contributed by atoms with E-state index >= 15 is 0 Å². The van der Waals surface area contributed by atoms with E-state index in [0.717, 1.165) is 30.7 Å². The largest absolute Gasteiger partial charge is 0.338 e. The maximum absolute atomic E-state index is 12.8. The first-order valence-corrected chi connectivity index (χ1v) is 8.50. The van der Waals surface area contributed by atoms with Crippen LogP contribution in [0.4, 0.5) is 4.39 Å². The topological polar surface area (TPSA) is 46.3 Å². The van der Waals surface area contributed by atoms with Gasteiger partial charge in [-0.1, -0.05) is 0 Å². The summed E-state index contributed by atoms with van der Waals surface area (Å²) >= 11 is 1.59. The molecule has 1 amide bonds. The smallest absolute Gasteiger partial charge is 0.223 e. The average Bonchev–Trinajstić information content (AvgIpc) is 2.49. The van der Waals surface area contributed by atoms with Crippen molar-refractivity contribution in [1.29, 1.82) is 0 Å². The Hall–Kier alpha value is -1.07. The average molecular weight is 310 g/mol. The lowest BCUT2D eigenvalue weighted by Crippen LogP contribution is -2.51. The van der Waals surface area contributed by atoms with E-state index in [-0.39, 0.29) is 23.8 Å². The summed E-state index contributed by atoms with van der Waals surface area (Å²) in [4.78, 5) is 15.3. The van der Waals surface area contributed by atoms with Gasteiger partial charge in [-0.15, -0.1) is 11.8 Å². The zero-order valence-corrected chi connectivity index (χ0v) is 13.2. The van der Waals surface area contributed by atoms with Crippen molar-refractivity contribution in [3.05, 3.63) is 30.1 Å². The number of likely N-dealkylation sites (tertiary alicyclic amines) is 1. The summed E-state index contributed by atoms with van der Waals surface area (Å²) in [5.74, 6) is 0.669. The molecular formula is C16H23FN2OS. The maximum atomic E-state index is 12.8. The van der Waals surface area contributed by atoms with Crippen molar-refractivity contribution in [3.63, 3.8) is 0 Å². The number of carbonyl (C=O) groups is 1. The Morgan fingerprint density at radius 2 is 2.14 bits per heavy atom. The fraction of sp³-hybridized carbons (Fsp3) is 0.562. The third kappa shape index (κ3) is 4.71. The molecule has 0 spiro atoms. The Morgan fingerprint density at radius 1 is 1.43 bits per heavy atom. The molecule has 1 saturated heterocycles. The van der Waals surface area contributed by atoms with Crippen LogP contribution in [-0.4, -0.2) is 35.2 Å². The molecule has 0 aliphatic carbocycles. The summed E-state index contributed by atoms with van der Waals surface area (Å²) in [6.07, 6.45) is 3.74. The van der Waals surface area contributed by atoms with E-state index in [4.69, 9.17) is 5.73 Å².